The van der Waals surface area contributed by atoms with Crippen LogP contribution in [-0.2, 0) is 9.47 Å². The Balaban J connectivity index is 1.60. The fourth-order valence-corrected chi connectivity index (χ4v) is 3.52. The van der Waals surface area contributed by atoms with Crippen molar-refractivity contribution in [1.29, 1.82) is 0 Å². The number of phenolic OH excluding ortho intramolecular Hbond substituents is 1. The predicted octanol–water partition coefficient (Wildman–Crippen LogP) is 2.74. The van der Waals surface area contributed by atoms with Gasteiger partial charge in [0, 0.05) is 32.4 Å². The van der Waals surface area contributed by atoms with Crippen LogP contribution in [-0.4, -0.2) is 71.9 Å². The Morgan fingerprint density at radius 2 is 2.00 bits per heavy atom. The highest BCUT2D eigenvalue weighted by atomic mass is 16.5. The Bertz CT molecular complexity index is 1070. The van der Waals surface area contributed by atoms with Gasteiger partial charge in [-0.3, -0.25) is 9.30 Å². The molecule has 1 fully saturated rings. The number of carbonyl (C=O) groups is 1. The van der Waals surface area contributed by atoms with E-state index < -0.39 is 5.97 Å². The second-order valence-corrected chi connectivity index (χ2v) is 7.29. The molecule has 8 nitrogen and oxygen atoms in total. The Morgan fingerprint density at radius 1 is 1.23 bits per heavy atom. The number of pyridine rings is 1. The number of benzene rings is 1. The van der Waals surface area contributed by atoms with Crippen LogP contribution in [0.4, 0.5) is 5.82 Å². The number of methoxy groups -OCH3 is 1. The summed E-state index contributed by atoms with van der Waals surface area (Å²) in [5.41, 5.74) is 2.82. The molecule has 0 aliphatic carbocycles. The summed E-state index contributed by atoms with van der Waals surface area (Å²) in [4.78, 5) is 19.0. The van der Waals surface area contributed by atoms with Gasteiger partial charge in [0.15, 0.2) is 0 Å². The molecule has 2 aromatic heterocycles. The molecule has 31 heavy (non-hydrogen) atoms. The van der Waals surface area contributed by atoms with Gasteiger partial charge in [0.25, 0.3) is 0 Å². The summed E-state index contributed by atoms with van der Waals surface area (Å²) in [5, 5.41) is 13.0. The fraction of sp³-hybridized carbons (Fsp3) is 0.304. The van der Waals surface area contributed by atoms with Crippen molar-refractivity contribution in [3.8, 4) is 5.75 Å². The zero-order valence-electron chi connectivity index (χ0n) is 17.5. The van der Waals surface area contributed by atoms with E-state index in [0.29, 0.717) is 11.2 Å². The van der Waals surface area contributed by atoms with Gasteiger partial charge in [-0.1, -0.05) is 18.2 Å². The van der Waals surface area contributed by atoms with E-state index in [1.807, 2.05) is 34.9 Å². The minimum absolute atomic E-state index is 0.227. The number of aromatic hydroxyl groups is 1. The summed E-state index contributed by atoms with van der Waals surface area (Å²) >= 11 is 0. The van der Waals surface area contributed by atoms with Gasteiger partial charge in [-0.15, -0.1) is 0 Å². The highest BCUT2D eigenvalue weighted by Crippen LogP contribution is 2.22. The van der Waals surface area contributed by atoms with Gasteiger partial charge in [-0.05, 0) is 35.9 Å². The van der Waals surface area contributed by atoms with Crippen LogP contribution in [0.15, 0.2) is 42.6 Å². The van der Waals surface area contributed by atoms with Crippen molar-refractivity contribution in [3.05, 3.63) is 59.4 Å². The maximum Gasteiger partial charge on any atom is 0.338 e. The number of hydrogen-bond donors (Lipinski definition) is 2. The van der Waals surface area contributed by atoms with Crippen molar-refractivity contribution < 1.29 is 19.4 Å². The number of nitrogens with one attached hydrogen (secondary N) is 1. The molecule has 0 atom stereocenters. The van der Waals surface area contributed by atoms with Gasteiger partial charge < -0.3 is 19.9 Å². The molecule has 1 aromatic carbocycles. The summed E-state index contributed by atoms with van der Waals surface area (Å²) in [6.45, 7) is 5.07. The molecule has 0 bridgehead atoms. The minimum Gasteiger partial charge on any atom is -0.508 e. The Kier molecular flexibility index (Phi) is 6.49. The normalized spacial score (nSPS) is 14.9. The quantitative estimate of drug-likeness (QED) is 0.566. The van der Waals surface area contributed by atoms with Crippen LogP contribution in [0.5, 0.6) is 5.75 Å². The van der Waals surface area contributed by atoms with Crippen molar-refractivity contribution in [2.24, 2.45) is 0 Å². The number of anilines is 1. The van der Waals surface area contributed by atoms with Crippen molar-refractivity contribution in [3.63, 3.8) is 0 Å². The second kappa shape index (κ2) is 9.63. The summed E-state index contributed by atoms with van der Waals surface area (Å²) in [6, 6.07) is 10.4. The number of phenols is 1. The largest absolute Gasteiger partial charge is 0.508 e. The molecule has 0 unspecified atom stereocenters. The van der Waals surface area contributed by atoms with Gasteiger partial charge >= 0.3 is 5.97 Å². The first-order chi connectivity index (χ1) is 15.1. The average molecular weight is 422 g/mol. The Labute approximate surface area is 180 Å². The lowest BCUT2D eigenvalue weighted by Gasteiger charge is -2.26. The maximum atomic E-state index is 11.9. The van der Waals surface area contributed by atoms with E-state index >= 15 is 0 Å². The van der Waals surface area contributed by atoms with E-state index in [4.69, 9.17) is 14.5 Å². The summed E-state index contributed by atoms with van der Waals surface area (Å²) in [6.07, 6.45) is 5.69. The molecule has 3 aromatic rings. The molecule has 0 spiro atoms. The number of morpholine rings is 1. The third-order valence-electron chi connectivity index (χ3n) is 5.23. The molecule has 162 valence electrons. The minimum atomic E-state index is -0.395. The topological polar surface area (TPSA) is 88.3 Å². The molecule has 0 radical (unpaired) electrons. The number of ether oxygens (including phenoxy) is 2. The zero-order valence-corrected chi connectivity index (χ0v) is 17.5. The molecule has 1 aliphatic rings. The third kappa shape index (κ3) is 5.04. The highest BCUT2D eigenvalue weighted by molar-refractivity contribution is 5.90. The lowest BCUT2D eigenvalue weighted by Crippen LogP contribution is -2.39. The molecule has 8 heteroatoms. The van der Waals surface area contributed by atoms with E-state index in [2.05, 4.69) is 10.2 Å². The molecule has 0 amide bonds. The van der Waals surface area contributed by atoms with Gasteiger partial charge in [-0.2, -0.15) is 0 Å². The third-order valence-corrected chi connectivity index (χ3v) is 5.23. The van der Waals surface area contributed by atoms with E-state index in [1.165, 1.54) is 7.11 Å². The molecular weight excluding hydrogens is 396 g/mol. The lowest BCUT2D eigenvalue weighted by molar-refractivity contribution is 0.0398. The highest BCUT2D eigenvalue weighted by Gasteiger charge is 2.14. The Hall–Kier alpha value is -3.36. The molecular formula is C23H26N4O4. The number of fused-ring (bicyclic) bond motifs is 1. The summed E-state index contributed by atoms with van der Waals surface area (Å²) < 4.78 is 12.2. The van der Waals surface area contributed by atoms with E-state index in [1.54, 1.807) is 24.3 Å². The van der Waals surface area contributed by atoms with Crippen LogP contribution in [0.1, 0.15) is 21.6 Å². The number of rotatable bonds is 7. The summed E-state index contributed by atoms with van der Waals surface area (Å²) in [5.74, 6) is 0.689. The SMILES string of the molecule is COC(=O)c1ccn2c(NCCN3CCOCC3)c(/C=C/c3ccc(O)cc3)nc2c1. The van der Waals surface area contributed by atoms with Crippen molar-refractivity contribution in [1.82, 2.24) is 14.3 Å². The first-order valence-electron chi connectivity index (χ1n) is 10.3. The number of aromatic nitrogens is 2. The first kappa shape index (κ1) is 20.9. The lowest BCUT2D eigenvalue weighted by atomic mass is 10.2. The smallest absolute Gasteiger partial charge is 0.338 e. The molecule has 3 heterocycles. The average Bonchev–Trinajstić information content (AvgIpc) is 3.15. The van der Waals surface area contributed by atoms with Gasteiger partial charge in [-0.25, -0.2) is 9.78 Å². The van der Waals surface area contributed by atoms with Crippen LogP contribution < -0.4 is 5.32 Å². The first-order valence-corrected chi connectivity index (χ1v) is 10.3. The second-order valence-electron chi connectivity index (χ2n) is 7.29. The monoisotopic (exact) mass is 422 g/mol. The van der Waals surface area contributed by atoms with Crippen molar-refractivity contribution in [2.45, 2.75) is 0 Å². The van der Waals surface area contributed by atoms with Gasteiger partial charge in [0.1, 0.15) is 22.9 Å². The standard InChI is InChI=1S/C23H26N4O4/c1-30-23(29)18-8-10-27-21(16-18)25-20(7-4-17-2-5-19(28)6-3-17)22(27)24-9-11-26-12-14-31-15-13-26/h2-8,10,16,24,28H,9,11-15H2,1H3/b7-4+. The van der Waals surface area contributed by atoms with Crippen LogP contribution in [0.25, 0.3) is 17.8 Å². The number of nitrogens with zero attached hydrogens (tertiary/aromatic N) is 3. The van der Waals surface area contributed by atoms with Crippen molar-refractivity contribution >= 4 is 29.6 Å². The molecule has 1 saturated heterocycles. The zero-order chi connectivity index (χ0) is 21.6. The fourth-order valence-electron chi connectivity index (χ4n) is 3.52. The van der Waals surface area contributed by atoms with E-state index in [0.717, 1.165) is 56.5 Å². The number of hydrogen-bond acceptors (Lipinski definition) is 7. The molecule has 4 rings (SSSR count). The predicted molar refractivity (Wildman–Crippen MR) is 119 cm³/mol. The Morgan fingerprint density at radius 3 is 2.74 bits per heavy atom. The van der Waals surface area contributed by atoms with Gasteiger partial charge in [0.2, 0.25) is 0 Å². The van der Waals surface area contributed by atoms with Crippen LogP contribution in [0.3, 0.4) is 0 Å². The van der Waals surface area contributed by atoms with Crippen molar-refractivity contribution in [2.75, 3.05) is 51.8 Å². The number of carbonyl (C=O) groups excluding carboxylic acids is 1. The maximum absolute atomic E-state index is 11.9. The summed E-state index contributed by atoms with van der Waals surface area (Å²) in [7, 11) is 1.36. The van der Waals surface area contributed by atoms with Crippen LogP contribution >= 0.6 is 0 Å². The molecule has 0 saturated carbocycles. The molecule has 2 N–H and O–H groups in total. The number of esters is 1. The molecule has 1 aliphatic heterocycles. The van der Waals surface area contributed by atoms with Crippen LogP contribution in [0.2, 0.25) is 0 Å². The van der Waals surface area contributed by atoms with E-state index in [-0.39, 0.29) is 5.75 Å². The number of imidazole rings is 1. The van der Waals surface area contributed by atoms with Crippen LogP contribution in [0, 0.1) is 0 Å². The van der Waals surface area contributed by atoms with E-state index in [9.17, 15) is 9.90 Å². The van der Waals surface area contributed by atoms with Gasteiger partial charge in [0.05, 0.1) is 25.9 Å².